The molecule has 1 heterocycles. The first-order valence-corrected chi connectivity index (χ1v) is 12.1. The van der Waals surface area contributed by atoms with Gasteiger partial charge in [0.15, 0.2) is 0 Å². The predicted molar refractivity (Wildman–Crippen MR) is 120 cm³/mol. The normalized spacial score (nSPS) is 16.5. The van der Waals surface area contributed by atoms with Crippen molar-refractivity contribution in [1.82, 2.24) is 10.2 Å². The van der Waals surface area contributed by atoms with E-state index in [4.69, 9.17) is 0 Å². The molecule has 2 N–H and O–H groups in total. The minimum atomic E-state index is -3.68. The summed E-state index contributed by atoms with van der Waals surface area (Å²) < 4.78 is 27.4. The van der Waals surface area contributed by atoms with Crippen LogP contribution in [0, 0.1) is 5.92 Å². The van der Waals surface area contributed by atoms with Gasteiger partial charge in [-0.25, -0.2) is 8.42 Å². The summed E-state index contributed by atoms with van der Waals surface area (Å²) in [4.78, 5) is 27.1. The second-order valence-corrected chi connectivity index (χ2v) is 9.41. The molecule has 1 aliphatic rings. The summed E-state index contributed by atoms with van der Waals surface area (Å²) in [7, 11) is -3.68. The monoisotopic (exact) mass is 443 g/mol. The molecule has 2 aromatic rings. The van der Waals surface area contributed by atoms with Gasteiger partial charge in [0.05, 0.1) is 10.8 Å². The Balaban J connectivity index is 1.61. The van der Waals surface area contributed by atoms with Crippen LogP contribution in [0.1, 0.15) is 43.0 Å². The smallest absolute Gasteiger partial charge is 0.261 e. The highest BCUT2D eigenvalue weighted by Crippen LogP contribution is 2.21. The van der Waals surface area contributed by atoms with Crippen molar-refractivity contribution in [1.29, 1.82) is 0 Å². The molecular weight excluding hydrogens is 414 g/mol. The van der Waals surface area contributed by atoms with Gasteiger partial charge >= 0.3 is 0 Å². The zero-order valence-electron chi connectivity index (χ0n) is 17.7. The van der Waals surface area contributed by atoms with E-state index in [0.29, 0.717) is 30.9 Å². The van der Waals surface area contributed by atoms with Crippen molar-refractivity contribution < 1.29 is 18.0 Å². The van der Waals surface area contributed by atoms with Crippen LogP contribution in [-0.4, -0.2) is 44.8 Å². The summed E-state index contributed by atoms with van der Waals surface area (Å²) >= 11 is 0. The van der Waals surface area contributed by atoms with Gasteiger partial charge < -0.3 is 10.2 Å². The maximum Gasteiger partial charge on any atom is 0.261 e. The number of rotatable bonds is 8. The number of carbonyl (C=O) groups is 2. The quantitative estimate of drug-likeness (QED) is 0.612. The second kappa shape index (κ2) is 10.4. The van der Waals surface area contributed by atoms with Crippen molar-refractivity contribution >= 4 is 27.5 Å². The minimum absolute atomic E-state index is 0.0108. The lowest BCUT2D eigenvalue weighted by Crippen LogP contribution is -2.45. The van der Waals surface area contributed by atoms with E-state index < -0.39 is 10.0 Å². The van der Waals surface area contributed by atoms with Crippen molar-refractivity contribution in [2.45, 2.75) is 37.5 Å². The number of amides is 2. The zero-order valence-corrected chi connectivity index (χ0v) is 18.5. The molecular formula is C23H29N3O4S. The molecule has 2 aromatic carbocycles. The Morgan fingerprint density at radius 2 is 1.77 bits per heavy atom. The van der Waals surface area contributed by atoms with Crippen molar-refractivity contribution in [2.24, 2.45) is 5.92 Å². The topological polar surface area (TPSA) is 95.6 Å². The average molecular weight is 444 g/mol. The standard InChI is InChI=1S/C23H29N3O4S/c1-2-3-15-24-22(27)19-8-7-16-26(17-19)23(28)18-11-13-20(14-12-18)25-31(29,30)21-9-5-4-6-10-21/h4-6,9-14,19,25H,2-3,7-8,15-17H2,1H3,(H,24,27)/t19-/m0/s1. The van der Waals surface area contributed by atoms with Gasteiger partial charge in [-0.05, 0) is 55.7 Å². The van der Waals surface area contributed by atoms with E-state index in [2.05, 4.69) is 17.0 Å². The molecule has 1 aliphatic heterocycles. The highest BCUT2D eigenvalue weighted by atomic mass is 32.2. The highest BCUT2D eigenvalue weighted by molar-refractivity contribution is 7.92. The van der Waals surface area contributed by atoms with Gasteiger partial charge in [-0.15, -0.1) is 0 Å². The van der Waals surface area contributed by atoms with E-state index in [-0.39, 0.29) is 22.6 Å². The van der Waals surface area contributed by atoms with Crippen LogP contribution in [0.5, 0.6) is 0 Å². The molecule has 1 atom stereocenters. The van der Waals surface area contributed by atoms with Crippen LogP contribution in [-0.2, 0) is 14.8 Å². The molecule has 0 bridgehead atoms. The third-order valence-corrected chi connectivity index (χ3v) is 6.74. The number of benzene rings is 2. The Labute approximate surface area is 183 Å². The molecule has 0 unspecified atom stereocenters. The maximum atomic E-state index is 12.9. The van der Waals surface area contributed by atoms with Crippen molar-refractivity contribution in [3.8, 4) is 0 Å². The van der Waals surface area contributed by atoms with Crippen molar-refractivity contribution in [3.05, 3.63) is 60.2 Å². The summed E-state index contributed by atoms with van der Waals surface area (Å²) in [5, 5.41) is 2.95. The van der Waals surface area contributed by atoms with Gasteiger partial charge in [0.25, 0.3) is 15.9 Å². The van der Waals surface area contributed by atoms with E-state index in [9.17, 15) is 18.0 Å². The van der Waals surface area contributed by atoms with Gasteiger partial charge in [0.1, 0.15) is 0 Å². The molecule has 0 aromatic heterocycles. The van der Waals surface area contributed by atoms with Crippen LogP contribution in [0.15, 0.2) is 59.5 Å². The van der Waals surface area contributed by atoms with Crippen LogP contribution in [0.2, 0.25) is 0 Å². The molecule has 2 amide bonds. The maximum absolute atomic E-state index is 12.9. The van der Waals surface area contributed by atoms with E-state index in [1.807, 2.05) is 0 Å². The van der Waals surface area contributed by atoms with Crippen molar-refractivity contribution in [3.63, 3.8) is 0 Å². The van der Waals surface area contributed by atoms with Gasteiger partial charge in [0, 0.05) is 30.9 Å². The number of nitrogens with zero attached hydrogens (tertiary/aromatic N) is 1. The number of piperidine rings is 1. The molecule has 0 spiro atoms. The first kappa shape index (κ1) is 22.8. The first-order valence-electron chi connectivity index (χ1n) is 10.7. The number of hydrogen-bond acceptors (Lipinski definition) is 4. The molecule has 166 valence electrons. The molecule has 0 saturated carbocycles. The molecule has 3 rings (SSSR count). The summed E-state index contributed by atoms with van der Waals surface area (Å²) in [6.07, 6.45) is 3.53. The predicted octanol–water partition coefficient (Wildman–Crippen LogP) is 3.26. The molecule has 8 heteroatoms. The lowest BCUT2D eigenvalue weighted by Gasteiger charge is -2.32. The Morgan fingerprint density at radius 1 is 1.06 bits per heavy atom. The number of likely N-dealkylation sites (tertiary alicyclic amines) is 1. The first-order chi connectivity index (χ1) is 14.9. The molecule has 31 heavy (non-hydrogen) atoms. The zero-order chi connectivity index (χ0) is 22.3. The van der Waals surface area contributed by atoms with Crippen LogP contribution in [0.4, 0.5) is 5.69 Å². The number of unbranched alkanes of at least 4 members (excludes halogenated alkanes) is 1. The fraction of sp³-hybridized carbons (Fsp3) is 0.391. The summed E-state index contributed by atoms with van der Waals surface area (Å²) in [5.74, 6) is -0.327. The summed E-state index contributed by atoms with van der Waals surface area (Å²) in [5.41, 5.74) is 0.849. The molecule has 7 nitrogen and oxygen atoms in total. The van der Waals surface area contributed by atoms with Gasteiger partial charge in [0.2, 0.25) is 5.91 Å². The number of hydrogen-bond donors (Lipinski definition) is 2. The summed E-state index contributed by atoms with van der Waals surface area (Å²) in [6.45, 7) is 3.75. The SMILES string of the molecule is CCCCNC(=O)[C@H]1CCCN(C(=O)c2ccc(NS(=O)(=O)c3ccccc3)cc2)C1. The third-order valence-electron chi connectivity index (χ3n) is 5.35. The van der Waals surface area contributed by atoms with Crippen LogP contribution in [0.25, 0.3) is 0 Å². The average Bonchev–Trinajstić information content (AvgIpc) is 2.79. The Bertz CT molecular complexity index is 991. The Kier molecular flexibility index (Phi) is 7.68. The van der Waals surface area contributed by atoms with Crippen LogP contribution < -0.4 is 10.0 Å². The van der Waals surface area contributed by atoms with E-state index in [0.717, 1.165) is 25.7 Å². The van der Waals surface area contributed by atoms with Crippen molar-refractivity contribution in [2.75, 3.05) is 24.4 Å². The third kappa shape index (κ3) is 6.07. The molecule has 0 aliphatic carbocycles. The van der Waals surface area contributed by atoms with E-state index in [1.54, 1.807) is 47.4 Å². The van der Waals surface area contributed by atoms with E-state index in [1.165, 1.54) is 12.1 Å². The second-order valence-electron chi connectivity index (χ2n) is 7.73. The minimum Gasteiger partial charge on any atom is -0.356 e. The highest BCUT2D eigenvalue weighted by Gasteiger charge is 2.28. The van der Waals surface area contributed by atoms with Crippen LogP contribution >= 0.6 is 0 Å². The van der Waals surface area contributed by atoms with Crippen LogP contribution in [0.3, 0.4) is 0 Å². The molecule has 1 saturated heterocycles. The number of sulfonamides is 1. The summed E-state index contributed by atoms with van der Waals surface area (Å²) in [6, 6.07) is 14.5. The fourth-order valence-corrected chi connectivity index (χ4v) is 4.67. The largest absolute Gasteiger partial charge is 0.356 e. The van der Waals surface area contributed by atoms with Gasteiger partial charge in [-0.1, -0.05) is 31.5 Å². The lowest BCUT2D eigenvalue weighted by molar-refractivity contribution is -0.126. The molecule has 0 radical (unpaired) electrons. The van der Waals surface area contributed by atoms with Gasteiger partial charge in [-0.2, -0.15) is 0 Å². The number of nitrogens with one attached hydrogen (secondary N) is 2. The number of anilines is 1. The number of carbonyl (C=O) groups excluding carboxylic acids is 2. The lowest BCUT2D eigenvalue weighted by atomic mass is 9.96. The van der Waals surface area contributed by atoms with Gasteiger partial charge in [-0.3, -0.25) is 14.3 Å². The molecule has 1 fully saturated rings. The fourth-order valence-electron chi connectivity index (χ4n) is 3.59. The Morgan fingerprint density at radius 3 is 2.45 bits per heavy atom. The van der Waals surface area contributed by atoms with E-state index >= 15 is 0 Å². The Hall–Kier alpha value is -2.87.